The first-order valence-corrected chi connectivity index (χ1v) is 12.6. The lowest BCUT2D eigenvalue weighted by atomic mass is 9.97. The molecule has 10 heteroatoms. The number of thioether (sulfide) groups is 1. The van der Waals surface area contributed by atoms with Crippen LogP contribution in [0.3, 0.4) is 0 Å². The van der Waals surface area contributed by atoms with Crippen LogP contribution in [0, 0.1) is 12.8 Å². The van der Waals surface area contributed by atoms with Crippen LogP contribution in [0.5, 0.6) is 5.75 Å². The van der Waals surface area contributed by atoms with Gasteiger partial charge < -0.3 is 20.2 Å². The number of esters is 1. The molecule has 1 aromatic heterocycles. The van der Waals surface area contributed by atoms with Gasteiger partial charge in [-0.2, -0.15) is 0 Å². The van der Waals surface area contributed by atoms with Crippen molar-refractivity contribution in [2.75, 3.05) is 25.5 Å². The van der Waals surface area contributed by atoms with Gasteiger partial charge in [-0.05, 0) is 56.7 Å². The first-order valence-electron chi connectivity index (χ1n) is 11.8. The van der Waals surface area contributed by atoms with Crippen LogP contribution in [0.2, 0.25) is 0 Å². The van der Waals surface area contributed by atoms with Gasteiger partial charge in [0.15, 0.2) is 5.82 Å². The lowest BCUT2D eigenvalue weighted by Crippen LogP contribution is -2.43. The monoisotopic (exact) mass is 489 g/mol. The summed E-state index contributed by atoms with van der Waals surface area (Å²) in [6.07, 6.45) is 1.24. The predicted molar refractivity (Wildman–Crippen MR) is 131 cm³/mol. The number of nitrogens with two attached hydrogens (primary N) is 1. The molecule has 1 fully saturated rings. The molecule has 1 aliphatic heterocycles. The van der Waals surface area contributed by atoms with E-state index >= 15 is 0 Å². The summed E-state index contributed by atoms with van der Waals surface area (Å²) in [7, 11) is 0. The van der Waals surface area contributed by atoms with Gasteiger partial charge in [0.25, 0.3) is 0 Å². The van der Waals surface area contributed by atoms with Crippen molar-refractivity contribution in [3.05, 3.63) is 35.2 Å². The van der Waals surface area contributed by atoms with Crippen LogP contribution >= 0.6 is 11.8 Å². The molecule has 9 nitrogen and oxygen atoms in total. The van der Waals surface area contributed by atoms with Gasteiger partial charge in [-0.1, -0.05) is 37.7 Å². The Balaban J connectivity index is 1.56. The van der Waals surface area contributed by atoms with Crippen molar-refractivity contribution in [2.24, 2.45) is 5.92 Å². The highest BCUT2D eigenvalue weighted by Crippen LogP contribution is 2.29. The highest BCUT2D eigenvalue weighted by atomic mass is 32.2. The predicted octanol–water partition coefficient (Wildman–Crippen LogP) is 3.29. The van der Waals surface area contributed by atoms with Gasteiger partial charge in [-0.15, -0.1) is 10.2 Å². The minimum absolute atomic E-state index is 0.00514. The maximum Gasteiger partial charge on any atom is 0.309 e. The molecule has 1 saturated heterocycles. The van der Waals surface area contributed by atoms with E-state index in [9.17, 15) is 9.59 Å². The van der Waals surface area contributed by atoms with Crippen LogP contribution in [0.15, 0.2) is 23.4 Å². The Morgan fingerprint density at radius 3 is 2.56 bits per heavy atom. The van der Waals surface area contributed by atoms with E-state index in [1.54, 1.807) is 11.8 Å². The van der Waals surface area contributed by atoms with Crippen LogP contribution < -0.4 is 10.6 Å². The fourth-order valence-electron chi connectivity index (χ4n) is 3.93. The topological polar surface area (TPSA) is 113 Å². The van der Waals surface area contributed by atoms with Crippen LogP contribution in [-0.2, 0) is 20.9 Å². The molecule has 2 heterocycles. The Hall–Kier alpha value is -2.75. The number of hydrogen-bond acceptors (Lipinski definition) is 8. The van der Waals surface area contributed by atoms with Crippen molar-refractivity contribution < 1.29 is 19.1 Å². The quantitative estimate of drug-likeness (QED) is 0.324. The first-order chi connectivity index (χ1) is 16.2. The molecule has 1 aromatic carbocycles. The molecule has 1 unspecified atom stereocenters. The molecule has 1 atom stereocenters. The summed E-state index contributed by atoms with van der Waals surface area (Å²) in [5, 5.41) is 8.40. The average Bonchev–Trinajstić information content (AvgIpc) is 3.16. The van der Waals surface area contributed by atoms with Gasteiger partial charge in [-0.3, -0.25) is 9.59 Å². The first kappa shape index (κ1) is 25.9. The zero-order chi connectivity index (χ0) is 24.8. The van der Waals surface area contributed by atoms with E-state index in [0.717, 1.165) is 16.9 Å². The molecular weight excluding hydrogens is 454 g/mol. The number of carbonyl (C=O) groups excluding carboxylic acids is 2. The molecule has 0 saturated carbocycles. The summed E-state index contributed by atoms with van der Waals surface area (Å²) in [6.45, 7) is 11.5. The molecular formula is C24H35N5O4S. The Labute approximate surface area is 205 Å². The third kappa shape index (κ3) is 6.22. The van der Waals surface area contributed by atoms with E-state index in [1.165, 1.54) is 16.4 Å². The number of aromatic nitrogens is 3. The summed E-state index contributed by atoms with van der Waals surface area (Å²) >= 11 is 1.27. The van der Waals surface area contributed by atoms with Crippen LogP contribution in [0.25, 0.3) is 0 Å². The second-order valence-electron chi connectivity index (χ2n) is 8.87. The summed E-state index contributed by atoms with van der Waals surface area (Å²) < 4.78 is 12.5. The molecule has 2 N–H and O–H groups in total. The third-order valence-corrected chi connectivity index (χ3v) is 6.98. The lowest BCUT2D eigenvalue weighted by molar-refractivity contribution is -0.151. The second kappa shape index (κ2) is 11.6. The van der Waals surface area contributed by atoms with Crippen molar-refractivity contribution in [3.8, 4) is 5.75 Å². The van der Waals surface area contributed by atoms with E-state index in [-0.39, 0.29) is 29.7 Å². The number of benzene rings is 1. The Morgan fingerprint density at radius 1 is 1.21 bits per heavy atom. The SMILES string of the molecule is CCOC(=O)C1CCN(C(=O)C(C)Sc2nnc(COc3cc(C)ccc3C(C)C)n2N)CC1. The van der Waals surface area contributed by atoms with Gasteiger partial charge in [0.2, 0.25) is 11.1 Å². The Morgan fingerprint density at radius 2 is 1.91 bits per heavy atom. The second-order valence-corrected chi connectivity index (χ2v) is 10.2. The number of rotatable bonds is 9. The van der Waals surface area contributed by atoms with Crippen molar-refractivity contribution in [1.82, 2.24) is 19.8 Å². The molecule has 0 bridgehead atoms. The van der Waals surface area contributed by atoms with E-state index in [4.69, 9.17) is 15.3 Å². The molecule has 1 aliphatic rings. The molecule has 186 valence electrons. The van der Waals surface area contributed by atoms with Gasteiger partial charge in [0.05, 0.1) is 17.8 Å². The number of aryl methyl sites for hydroxylation is 1. The summed E-state index contributed by atoms with van der Waals surface area (Å²) in [5.41, 5.74) is 2.23. The third-order valence-electron chi connectivity index (χ3n) is 5.94. The molecule has 2 aromatic rings. The zero-order valence-electron chi connectivity index (χ0n) is 20.6. The molecule has 0 spiro atoms. The standard InChI is InChI=1S/C24H35N5O4S/c1-6-32-23(31)18-9-11-28(12-10-18)22(30)17(5)34-24-27-26-21(29(24)25)14-33-20-13-16(4)7-8-19(20)15(2)3/h7-8,13,15,17-18H,6,9-12,14,25H2,1-5H3. The Bertz CT molecular complexity index is 1000. The molecule has 1 amide bonds. The highest BCUT2D eigenvalue weighted by molar-refractivity contribution is 8.00. The van der Waals surface area contributed by atoms with Crippen LogP contribution in [0.4, 0.5) is 0 Å². The summed E-state index contributed by atoms with van der Waals surface area (Å²) in [6, 6.07) is 6.15. The van der Waals surface area contributed by atoms with E-state index < -0.39 is 0 Å². The van der Waals surface area contributed by atoms with E-state index in [2.05, 4.69) is 36.2 Å². The maximum absolute atomic E-state index is 12.9. The van der Waals surface area contributed by atoms with Crippen molar-refractivity contribution in [3.63, 3.8) is 0 Å². The van der Waals surface area contributed by atoms with Gasteiger partial charge in [-0.25, -0.2) is 4.68 Å². The Kier molecular flexibility index (Phi) is 8.82. The van der Waals surface area contributed by atoms with E-state index in [1.807, 2.05) is 19.9 Å². The summed E-state index contributed by atoms with van der Waals surface area (Å²) in [5.74, 6) is 7.52. The van der Waals surface area contributed by atoms with Crippen LogP contribution in [0.1, 0.15) is 63.4 Å². The maximum atomic E-state index is 12.9. The van der Waals surface area contributed by atoms with E-state index in [0.29, 0.717) is 49.4 Å². The molecule has 0 radical (unpaired) electrons. The smallest absolute Gasteiger partial charge is 0.309 e. The van der Waals surface area contributed by atoms with Crippen molar-refractivity contribution in [1.29, 1.82) is 0 Å². The normalized spacial score (nSPS) is 15.4. The van der Waals surface area contributed by atoms with Crippen LogP contribution in [-0.4, -0.2) is 56.6 Å². The minimum Gasteiger partial charge on any atom is -0.485 e. The lowest BCUT2D eigenvalue weighted by Gasteiger charge is -2.32. The molecule has 34 heavy (non-hydrogen) atoms. The minimum atomic E-state index is -0.385. The van der Waals surface area contributed by atoms with Crippen molar-refractivity contribution >= 4 is 23.6 Å². The number of nitrogen functional groups attached to an aromatic ring is 1. The number of nitrogens with zero attached hydrogens (tertiary/aromatic N) is 4. The number of likely N-dealkylation sites (tertiary alicyclic amines) is 1. The highest BCUT2D eigenvalue weighted by Gasteiger charge is 2.31. The number of hydrogen-bond donors (Lipinski definition) is 1. The molecule has 0 aliphatic carbocycles. The van der Waals surface area contributed by atoms with Crippen molar-refractivity contribution in [2.45, 2.75) is 70.4 Å². The van der Waals surface area contributed by atoms with Gasteiger partial charge in [0.1, 0.15) is 12.4 Å². The fourth-order valence-corrected chi connectivity index (χ4v) is 4.81. The average molecular weight is 490 g/mol. The number of ether oxygens (including phenoxy) is 2. The zero-order valence-corrected chi connectivity index (χ0v) is 21.4. The molecule has 3 rings (SSSR count). The number of carbonyl (C=O) groups is 2. The number of amides is 1. The summed E-state index contributed by atoms with van der Waals surface area (Å²) in [4.78, 5) is 26.7. The number of piperidine rings is 1. The fraction of sp³-hybridized carbons (Fsp3) is 0.583. The largest absolute Gasteiger partial charge is 0.485 e. The van der Waals surface area contributed by atoms with Gasteiger partial charge in [0, 0.05) is 13.1 Å². The van der Waals surface area contributed by atoms with Gasteiger partial charge >= 0.3 is 5.97 Å².